The summed E-state index contributed by atoms with van der Waals surface area (Å²) in [6.07, 6.45) is 0. The van der Waals surface area contributed by atoms with Crippen LogP contribution in [0.3, 0.4) is 0 Å². The van der Waals surface area contributed by atoms with Crippen molar-refractivity contribution in [3.05, 3.63) is 0 Å². The third kappa shape index (κ3) is 9.37. The maximum Gasteiger partial charge on any atom is 0.0289 e. The lowest BCUT2D eigenvalue weighted by Crippen LogP contribution is -1.52. The van der Waals surface area contributed by atoms with Gasteiger partial charge in [-0.25, -0.2) is 0 Å². The van der Waals surface area contributed by atoms with E-state index >= 15 is 0 Å². The Labute approximate surface area is 146 Å². The summed E-state index contributed by atoms with van der Waals surface area (Å²) in [7, 11) is 26.9. The molecule has 0 amide bonds. The summed E-state index contributed by atoms with van der Waals surface area (Å²) in [6.45, 7) is 0.388. The van der Waals surface area contributed by atoms with Crippen LogP contribution in [0.25, 0.3) is 0 Å². The second kappa shape index (κ2) is 14.5. The van der Waals surface area contributed by atoms with Gasteiger partial charge in [0.15, 0.2) is 0 Å². The average Bonchev–Trinajstić information content (AvgIpc) is 2.25. The van der Waals surface area contributed by atoms with Crippen molar-refractivity contribution in [2.75, 3.05) is 0 Å². The lowest BCUT2D eigenvalue weighted by Gasteiger charge is -2.39. The van der Waals surface area contributed by atoms with Crippen LogP contribution >= 0.6 is 135 Å². The Hall–Kier alpha value is 7.40. The Bertz CT molecular complexity index is 222. The first-order valence-electron chi connectivity index (χ1n) is 3.90. The summed E-state index contributed by atoms with van der Waals surface area (Å²) in [5.74, 6) is 0. The van der Waals surface area contributed by atoms with Crippen LogP contribution < -0.4 is 0 Å². The van der Waals surface area contributed by atoms with Gasteiger partial charge in [0.25, 0.3) is 0 Å². The molecule has 0 aromatic carbocycles. The SMILES string of the molecule is PPP(P)P(P(P)P)P(P=S)P(P(P)P)P(P)P. The lowest BCUT2D eigenvalue weighted by molar-refractivity contribution is 4.55. The highest BCUT2D eigenvalue weighted by Crippen LogP contribution is 3.24. The first kappa shape index (κ1) is 25.4. The maximum atomic E-state index is 5.56. The first-order valence-corrected chi connectivity index (χ1v) is 35.1. The highest BCUT2D eigenvalue weighted by atomic mass is 33.4. The zero-order valence-corrected chi connectivity index (χ0v) is 27.3. The van der Waals surface area contributed by atoms with Crippen molar-refractivity contribution >= 4 is 147 Å². The Morgan fingerprint density at radius 3 is 1.39 bits per heavy atom. The topological polar surface area (TPSA) is 0 Å². The number of hydrogen-bond acceptors (Lipinski definition) is 1. The van der Waals surface area contributed by atoms with Gasteiger partial charge in [-0.15, -0.1) is 71.4 Å². The summed E-state index contributed by atoms with van der Waals surface area (Å²) in [6, 6.07) is 0. The predicted octanol–water partition coefficient (Wildman–Crippen LogP) is 10.1. The molecule has 12 unspecified atom stereocenters. The van der Waals surface area contributed by atoms with E-state index in [9.17, 15) is 0 Å². The zero-order valence-electron chi connectivity index (χ0n) is 9.10. The fourth-order valence-corrected chi connectivity index (χ4v) is 190. The molecule has 18 heavy (non-hydrogen) atoms. The van der Waals surface area contributed by atoms with Crippen LogP contribution in [0.1, 0.15) is 0 Å². The molecule has 0 rings (SSSR count). The van der Waals surface area contributed by atoms with Gasteiger partial charge in [0, 0.05) is 21.0 Å². The molecule has 0 aromatic heterocycles. The van der Waals surface area contributed by atoms with Gasteiger partial charge in [-0.2, -0.15) is 0 Å². The van der Waals surface area contributed by atoms with Gasteiger partial charge in [0.1, 0.15) is 0 Å². The Morgan fingerprint density at radius 2 is 1.17 bits per heavy atom. The van der Waals surface area contributed by atoms with Gasteiger partial charge in [0.2, 0.25) is 0 Å². The van der Waals surface area contributed by atoms with Crippen molar-refractivity contribution in [2.24, 2.45) is 0 Å². The molecule has 0 radical (unpaired) electrons. The minimum absolute atomic E-state index is 0.0104. The molecule has 0 nitrogen and oxygen atoms in total. The second-order valence-electron chi connectivity index (χ2n) is 2.50. The van der Waals surface area contributed by atoms with Crippen LogP contribution in [0.5, 0.6) is 0 Å². The smallest absolute Gasteiger partial charge is 0.0289 e. The van der Waals surface area contributed by atoms with Crippen LogP contribution in [-0.4, -0.2) is 0 Å². The third-order valence-corrected chi connectivity index (χ3v) is 108. The molecule has 0 bridgehead atoms. The van der Waals surface area contributed by atoms with Gasteiger partial charge >= 0.3 is 0 Å². The van der Waals surface area contributed by atoms with Crippen LogP contribution in [0.15, 0.2) is 0 Å². The fourth-order valence-electron chi connectivity index (χ4n) is 0.782. The summed E-state index contributed by atoms with van der Waals surface area (Å²) in [5, 5.41) is 0. The van der Waals surface area contributed by atoms with E-state index in [0.717, 1.165) is 7.96 Å². The van der Waals surface area contributed by atoms with Crippen LogP contribution in [0, 0.1) is 0 Å². The van der Waals surface area contributed by atoms with Crippen molar-refractivity contribution in [1.29, 1.82) is 0 Å². The molecule has 0 aliphatic carbocycles. The van der Waals surface area contributed by atoms with Gasteiger partial charge in [0.05, 0.1) is 0 Å². The van der Waals surface area contributed by atoms with E-state index in [2.05, 4.69) is 71.4 Å². The van der Waals surface area contributed by atoms with E-state index < -0.39 is 0 Å². The summed E-state index contributed by atoms with van der Waals surface area (Å²) < 4.78 is 0. The fraction of sp³-hybridized carbons (Fsp3) is 0. The maximum absolute atomic E-state index is 5.56. The van der Waals surface area contributed by atoms with E-state index in [1.165, 1.54) is 7.04 Å². The summed E-state index contributed by atoms with van der Waals surface area (Å²) in [5.41, 5.74) is 0. The molecule has 108 valence electrons. The summed E-state index contributed by atoms with van der Waals surface area (Å²) in [4.78, 5) is 0. The Kier molecular flexibility index (Phi) is 20.4. The van der Waals surface area contributed by atoms with Crippen LogP contribution in [-0.2, 0) is 11.8 Å². The van der Waals surface area contributed by atoms with Crippen molar-refractivity contribution in [3.63, 3.8) is 0 Å². The molecule has 0 aliphatic rings. The molecule has 0 aromatic rings. The van der Waals surface area contributed by atoms with E-state index in [1.54, 1.807) is 0 Å². The predicted molar refractivity (Wildman–Crippen MR) is 149 cm³/mol. The average molecular weight is 576 g/mol. The molecule has 0 heterocycles. The molecular weight excluding hydrogens is 559 g/mol. The van der Waals surface area contributed by atoms with Crippen LogP contribution in [0.2, 0.25) is 0 Å². The second-order valence-corrected chi connectivity index (χ2v) is 67.5. The quantitative estimate of drug-likeness (QED) is 0.260. The van der Waals surface area contributed by atoms with E-state index in [1.807, 2.05) is 0 Å². The zero-order chi connectivity index (χ0) is 14.5. The van der Waals surface area contributed by atoms with Gasteiger partial charge in [-0.05, 0) is 34.9 Å². The Morgan fingerprint density at radius 1 is 0.778 bits per heavy atom. The molecule has 0 saturated heterocycles. The monoisotopic (exact) mass is 576 g/mol. The molecule has 0 N–H and O–H groups in total. The number of hydrogen-bond donors (Lipinski definition) is 0. The first-order chi connectivity index (χ1) is 8.27. The van der Waals surface area contributed by atoms with Gasteiger partial charge < -0.3 is 0 Å². The minimum atomic E-state index is 0.0104. The number of rotatable bonds is 8. The molecular formula is H17P17S. The third-order valence-electron chi connectivity index (χ3n) is 1.34. The molecule has 0 saturated carbocycles. The minimum Gasteiger partial charge on any atom is -0.109 e. The van der Waals surface area contributed by atoms with Gasteiger partial charge in [-0.3, -0.25) is 0 Å². The molecule has 0 spiro atoms. The highest BCUT2D eigenvalue weighted by molar-refractivity contribution is 9.31. The summed E-state index contributed by atoms with van der Waals surface area (Å²) >= 11 is 5.56. The van der Waals surface area contributed by atoms with Gasteiger partial charge in [-0.1, -0.05) is 19.8 Å². The van der Waals surface area contributed by atoms with Crippen molar-refractivity contribution < 1.29 is 0 Å². The lowest BCUT2D eigenvalue weighted by atomic mass is 28.6. The molecule has 18 heteroatoms. The molecule has 12 atom stereocenters. The van der Waals surface area contributed by atoms with Crippen molar-refractivity contribution in [1.82, 2.24) is 0 Å². The standard InChI is InChI=1S/H17P17S/c1-9-14(8)17(13(6)7)15(10-18)16(11(2)3)12(4)5/h9H,1-8H2. The van der Waals surface area contributed by atoms with E-state index in [-0.39, 0.29) is 48.9 Å². The van der Waals surface area contributed by atoms with Crippen LogP contribution in [0.4, 0.5) is 0 Å². The van der Waals surface area contributed by atoms with E-state index in [4.69, 9.17) is 11.8 Å². The largest absolute Gasteiger partial charge is 0.109 e. The molecule has 0 fully saturated rings. The van der Waals surface area contributed by atoms with Crippen molar-refractivity contribution in [2.45, 2.75) is 0 Å². The van der Waals surface area contributed by atoms with E-state index in [0.29, 0.717) is 0 Å². The normalized spacial score (nSPS) is 18.7. The Balaban J connectivity index is 5.27. The highest BCUT2D eigenvalue weighted by Gasteiger charge is 2.37. The molecule has 0 aliphatic heterocycles. The van der Waals surface area contributed by atoms with Crippen molar-refractivity contribution in [3.8, 4) is 0 Å².